The Morgan fingerprint density at radius 1 is 1.34 bits per heavy atom. The number of urea groups is 1. The fourth-order valence-corrected chi connectivity index (χ4v) is 4.40. The standard InChI is InChI=1S/C20H22N4O4S/c1-3-20(4-2)17(26)24(19(27)23-20)10-16(25)22-18-21-14(11-29-18)12-5-6-15-13(9-12)7-8-28-15/h5-6,9,11H,3-4,7-8,10H2,1-2H3,(H,23,27)(H,21,22,25). The molecule has 2 aliphatic heterocycles. The van der Waals surface area contributed by atoms with Gasteiger partial charge >= 0.3 is 6.03 Å². The Balaban J connectivity index is 1.42. The van der Waals surface area contributed by atoms with Crippen molar-refractivity contribution < 1.29 is 19.1 Å². The third-order valence-electron chi connectivity index (χ3n) is 5.49. The molecule has 1 fully saturated rings. The Hall–Kier alpha value is -2.94. The molecule has 0 spiro atoms. The number of benzene rings is 1. The van der Waals surface area contributed by atoms with Gasteiger partial charge in [-0.05, 0) is 36.6 Å². The second-order valence-corrected chi connectivity index (χ2v) is 7.98. The van der Waals surface area contributed by atoms with Crippen molar-refractivity contribution in [3.8, 4) is 17.0 Å². The van der Waals surface area contributed by atoms with Crippen molar-refractivity contribution in [2.75, 3.05) is 18.5 Å². The molecule has 9 heteroatoms. The van der Waals surface area contributed by atoms with Crippen molar-refractivity contribution in [1.29, 1.82) is 0 Å². The molecular formula is C20H22N4O4S. The van der Waals surface area contributed by atoms with E-state index in [4.69, 9.17) is 4.74 Å². The molecule has 29 heavy (non-hydrogen) atoms. The topological polar surface area (TPSA) is 101 Å². The average molecular weight is 414 g/mol. The SMILES string of the molecule is CCC1(CC)NC(=O)N(CC(=O)Nc2nc(-c3ccc4c(c3)CCO4)cs2)C1=O. The fourth-order valence-electron chi connectivity index (χ4n) is 3.66. The molecule has 1 saturated heterocycles. The molecular weight excluding hydrogens is 392 g/mol. The number of carbonyl (C=O) groups is 3. The molecule has 3 heterocycles. The molecule has 2 aromatic rings. The van der Waals surface area contributed by atoms with E-state index in [9.17, 15) is 14.4 Å². The second-order valence-electron chi connectivity index (χ2n) is 7.12. The molecule has 4 amide bonds. The first-order valence-corrected chi connectivity index (χ1v) is 10.5. The minimum Gasteiger partial charge on any atom is -0.493 e. The van der Waals surface area contributed by atoms with Gasteiger partial charge in [0.05, 0.1) is 12.3 Å². The Kier molecular flexibility index (Phi) is 4.99. The van der Waals surface area contributed by atoms with Gasteiger partial charge in [0, 0.05) is 17.4 Å². The van der Waals surface area contributed by atoms with E-state index in [0.717, 1.165) is 33.9 Å². The number of nitrogens with one attached hydrogen (secondary N) is 2. The number of ether oxygens (including phenoxy) is 1. The van der Waals surface area contributed by atoms with Crippen molar-refractivity contribution in [2.24, 2.45) is 0 Å². The third kappa shape index (κ3) is 3.46. The number of hydrogen-bond donors (Lipinski definition) is 2. The highest BCUT2D eigenvalue weighted by molar-refractivity contribution is 7.14. The first-order valence-electron chi connectivity index (χ1n) is 9.61. The molecule has 1 aromatic carbocycles. The lowest BCUT2D eigenvalue weighted by atomic mass is 9.93. The Morgan fingerprint density at radius 3 is 2.86 bits per heavy atom. The lowest BCUT2D eigenvalue weighted by Crippen LogP contribution is -2.46. The van der Waals surface area contributed by atoms with Crippen LogP contribution in [-0.4, -0.2) is 46.4 Å². The molecule has 1 aromatic heterocycles. The minimum atomic E-state index is -0.914. The Morgan fingerprint density at radius 2 is 2.14 bits per heavy atom. The van der Waals surface area contributed by atoms with E-state index < -0.39 is 17.5 Å². The van der Waals surface area contributed by atoms with Crippen LogP contribution in [0.15, 0.2) is 23.6 Å². The maximum atomic E-state index is 12.6. The van der Waals surface area contributed by atoms with Crippen LogP contribution in [0.4, 0.5) is 9.93 Å². The lowest BCUT2D eigenvalue weighted by Gasteiger charge is -2.22. The Labute approximate surface area is 172 Å². The number of carbonyl (C=O) groups excluding carboxylic acids is 3. The van der Waals surface area contributed by atoms with Crippen LogP contribution in [0.3, 0.4) is 0 Å². The molecule has 152 valence electrons. The molecule has 0 saturated carbocycles. The highest BCUT2D eigenvalue weighted by Crippen LogP contribution is 2.32. The van der Waals surface area contributed by atoms with E-state index in [1.807, 2.05) is 37.4 Å². The van der Waals surface area contributed by atoms with Crippen LogP contribution in [0.25, 0.3) is 11.3 Å². The molecule has 0 radical (unpaired) electrons. The fraction of sp³-hybridized carbons (Fsp3) is 0.400. The maximum absolute atomic E-state index is 12.6. The van der Waals surface area contributed by atoms with Crippen LogP contribution >= 0.6 is 11.3 Å². The number of fused-ring (bicyclic) bond motifs is 1. The molecule has 8 nitrogen and oxygen atoms in total. The summed E-state index contributed by atoms with van der Waals surface area (Å²) < 4.78 is 5.52. The van der Waals surface area contributed by atoms with Crippen LogP contribution in [0.1, 0.15) is 32.3 Å². The third-order valence-corrected chi connectivity index (χ3v) is 6.25. The molecule has 0 atom stereocenters. The summed E-state index contributed by atoms with van der Waals surface area (Å²) in [6.45, 7) is 4.04. The summed E-state index contributed by atoms with van der Waals surface area (Å²) in [5.41, 5.74) is 1.94. The summed E-state index contributed by atoms with van der Waals surface area (Å²) in [7, 11) is 0. The van der Waals surface area contributed by atoms with E-state index in [1.165, 1.54) is 11.3 Å². The number of thiazole rings is 1. The van der Waals surface area contributed by atoms with Crippen molar-refractivity contribution in [2.45, 2.75) is 38.6 Å². The second kappa shape index (κ2) is 7.47. The monoisotopic (exact) mass is 414 g/mol. The molecule has 0 bridgehead atoms. The van der Waals surface area contributed by atoms with Crippen LogP contribution in [-0.2, 0) is 16.0 Å². The van der Waals surface area contributed by atoms with Crippen molar-refractivity contribution in [3.63, 3.8) is 0 Å². The summed E-state index contributed by atoms with van der Waals surface area (Å²) in [6, 6.07) is 5.38. The highest BCUT2D eigenvalue weighted by atomic mass is 32.1. The number of rotatable bonds is 6. The van der Waals surface area contributed by atoms with Gasteiger partial charge in [-0.1, -0.05) is 13.8 Å². The summed E-state index contributed by atoms with van der Waals surface area (Å²) in [5.74, 6) is 0.0869. The van der Waals surface area contributed by atoms with Gasteiger partial charge < -0.3 is 15.4 Å². The quantitative estimate of drug-likeness (QED) is 0.708. The predicted molar refractivity (Wildman–Crippen MR) is 109 cm³/mol. The number of hydrogen-bond acceptors (Lipinski definition) is 6. The molecule has 4 rings (SSSR count). The van der Waals surface area contributed by atoms with E-state index in [-0.39, 0.29) is 12.5 Å². The zero-order valence-corrected chi connectivity index (χ0v) is 17.1. The predicted octanol–water partition coefficient (Wildman–Crippen LogP) is 2.79. The smallest absolute Gasteiger partial charge is 0.325 e. The summed E-state index contributed by atoms with van der Waals surface area (Å²) >= 11 is 1.30. The number of nitrogens with zero attached hydrogens (tertiary/aromatic N) is 2. The first-order chi connectivity index (χ1) is 14.0. The summed E-state index contributed by atoms with van der Waals surface area (Å²) in [4.78, 5) is 42.6. The zero-order chi connectivity index (χ0) is 20.6. The van der Waals surface area contributed by atoms with Gasteiger partial charge in [-0.3, -0.25) is 14.5 Å². The van der Waals surface area contributed by atoms with Crippen molar-refractivity contribution >= 4 is 34.3 Å². The summed E-state index contributed by atoms with van der Waals surface area (Å²) in [5, 5.41) is 7.69. The van der Waals surface area contributed by atoms with Crippen LogP contribution in [0.2, 0.25) is 0 Å². The van der Waals surface area contributed by atoms with Crippen molar-refractivity contribution in [1.82, 2.24) is 15.2 Å². The number of imide groups is 1. The minimum absolute atomic E-state index is 0.336. The van der Waals surface area contributed by atoms with Gasteiger partial charge in [-0.25, -0.2) is 9.78 Å². The van der Waals surface area contributed by atoms with Gasteiger partial charge in [-0.2, -0.15) is 0 Å². The Bertz CT molecular complexity index is 983. The highest BCUT2D eigenvalue weighted by Gasteiger charge is 2.49. The zero-order valence-electron chi connectivity index (χ0n) is 16.3. The maximum Gasteiger partial charge on any atom is 0.325 e. The lowest BCUT2D eigenvalue weighted by molar-refractivity contribution is -0.134. The van der Waals surface area contributed by atoms with E-state index in [0.29, 0.717) is 24.6 Å². The normalized spacial score (nSPS) is 17.1. The number of amides is 4. The van der Waals surface area contributed by atoms with Gasteiger partial charge in [-0.15, -0.1) is 11.3 Å². The van der Waals surface area contributed by atoms with Crippen molar-refractivity contribution in [3.05, 3.63) is 29.1 Å². The molecule has 0 unspecified atom stereocenters. The molecule has 0 aliphatic carbocycles. The number of anilines is 1. The molecule has 2 aliphatic rings. The van der Waals surface area contributed by atoms with Gasteiger partial charge in [0.25, 0.3) is 5.91 Å². The van der Waals surface area contributed by atoms with Gasteiger partial charge in [0.1, 0.15) is 17.8 Å². The molecule has 2 N–H and O–H groups in total. The van der Waals surface area contributed by atoms with E-state index in [1.54, 1.807) is 0 Å². The van der Waals surface area contributed by atoms with E-state index in [2.05, 4.69) is 15.6 Å². The van der Waals surface area contributed by atoms with Gasteiger partial charge in [0.15, 0.2) is 5.13 Å². The first kappa shape index (κ1) is 19.4. The van der Waals surface area contributed by atoms with Crippen LogP contribution in [0, 0.1) is 0 Å². The van der Waals surface area contributed by atoms with Crippen LogP contribution in [0.5, 0.6) is 5.75 Å². The summed E-state index contributed by atoms with van der Waals surface area (Å²) in [6.07, 6.45) is 1.83. The average Bonchev–Trinajstić information content (AvgIpc) is 3.42. The van der Waals surface area contributed by atoms with Crippen LogP contribution < -0.4 is 15.4 Å². The number of aromatic nitrogens is 1. The largest absolute Gasteiger partial charge is 0.493 e. The van der Waals surface area contributed by atoms with E-state index >= 15 is 0 Å². The van der Waals surface area contributed by atoms with Gasteiger partial charge in [0.2, 0.25) is 5.91 Å².